The van der Waals surface area contributed by atoms with E-state index in [1.807, 2.05) is 5.51 Å². The van der Waals surface area contributed by atoms with Crippen LogP contribution >= 0.6 is 11.3 Å². The first-order chi connectivity index (χ1) is 6.04. The molecule has 0 saturated heterocycles. The molecule has 1 aromatic rings. The van der Waals surface area contributed by atoms with Crippen LogP contribution in [0.15, 0.2) is 10.9 Å². The maximum atomic E-state index is 5.75. The third-order valence-corrected chi connectivity index (χ3v) is 3.08. The van der Waals surface area contributed by atoms with E-state index in [0.29, 0.717) is 5.92 Å². The van der Waals surface area contributed by atoms with E-state index in [1.54, 1.807) is 11.3 Å². The molecular weight excluding hydrogens is 180 g/mol. The normalized spacial score (nSPS) is 14.5. The molecular formula is C10H18N2S. The van der Waals surface area contributed by atoms with E-state index in [-0.39, 0.29) is 5.41 Å². The Bertz CT molecular complexity index is 236. The van der Waals surface area contributed by atoms with Crippen molar-refractivity contribution in [3.63, 3.8) is 0 Å². The van der Waals surface area contributed by atoms with Crippen LogP contribution in [0.1, 0.15) is 26.5 Å². The molecule has 0 aliphatic heterocycles. The molecule has 1 unspecified atom stereocenters. The van der Waals surface area contributed by atoms with E-state index in [9.17, 15) is 0 Å². The SMILES string of the molecule is CC(C)(C)C(CN)Cc1cscn1. The summed E-state index contributed by atoms with van der Waals surface area (Å²) >= 11 is 1.65. The van der Waals surface area contributed by atoms with Gasteiger partial charge in [-0.25, -0.2) is 4.98 Å². The highest BCUT2D eigenvalue weighted by Crippen LogP contribution is 2.27. The summed E-state index contributed by atoms with van der Waals surface area (Å²) in [6, 6.07) is 0. The summed E-state index contributed by atoms with van der Waals surface area (Å²) in [5.41, 5.74) is 9.08. The molecule has 1 aromatic heterocycles. The summed E-state index contributed by atoms with van der Waals surface area (Å²) < 4.78 is 0. The van der Waals surface area contributed by atoms with Crippen LogP contribution in [0.2, 0.25) is 0 Å². The maximum Gasteiger partial charge on any atom is 0.0794 e. The van der Waals surface area contributed by atoms with Crippen LogP contribution in [0.5, 0.6) is 0 Å². The molecule has 0 bridgehead atoms. The number of hydrogen-bond acceptors (Lipinski definition) is 3. The van der Waals surface area contributed by atoms with Gasteiger partial charge in [0.25, 0.3) is 0 Å². The molecule has 0 amide bonds. The van der Waals surface area contributed by atoms with Crippen LogP contribution in [0, 0.1) is 11.3 Å². The van der Waals surface area contributed by atoms with Crippen LogP contribution < -0.4 is 5.73 Å². The molecule has 3 heteroatoms. The van der Waals surface area contributed by atoms with Gasteiger partial charge < -0.3 is 5.73 Å². The number of nitrogens with zero attached hydrogens (tertiary/aromatic N) is 1. The Labute approximate surface area is 84.2 Å². The van der Waals surface area contributed by atoms with Gasteiger partial charge in [0.15, 0.2) is 0 Å². The predicted octanol–water partition coefficient (Wildman–Crippen LogP) is 2.31. The van der Waals surface area contributed by atoms with Gasteiger partial charge in [-0.05, 0) is 24.3 Å². The Balaban J connectivity index is 2.60. The Kier molecular flexibility index (Phi) is 3.45. The largest absolute Gasteiger partial charge is 0.330 e. The first-order valence-corrected chi connectivity index (χ1v) is 5.55. The lowest BCUT2D eigenvalue weighted by Gasteiger charge is -2.28. The monoisotopic (exact) mass is 198 g/mol. The maximum absolute atomic E-state index is 5.75. The third-order valence-electron chi connectivity index (χ3n) is 2.45. The van der Waals surface area contributed by atoms with Gasteiger partial charge >= 0.3 is 0 Å². The quantitative estimate of drug-likeness (QED) is 0.809. The van der Waals surface area contributed by atoms with E-state index < -0.39 is 0 Å². The Morgan fingerprint density at radius 1 is 1.54 bits per heavy atom. The highest BCUT2D eigenvalue weighted by atomic mass is 32.1. The average Bonchev–Trinajstić information content (AvgIpc) is 2.49. The van der Waals surface area contributed by atoms with Crippen molar-refractivity contribution in [2.45, 2.75) is 27.2 Å². The van der Waals surface area contributed by atoms with Crippen molar-refractivity contribution in [1.29, 1.82) is 0 Å². The molecule has 1 rings (SSSR count). The summed E-state index contributed by atoms with van der Waals surface area (Å²) in [4.78, 5) is 4.28. The van der Waals surface area contributed by atoms with Gasteiger partial charge in [0.05, 0.1) is 11.2 Å². The summed E-state index contributed by atoms with van der Waals surface area (Å²) in [7, 11) is 0. The molecule has 0 fully saturated rings. The summed E-state index contributed by atoms with van der Waals surface area (Å²) in [5.74, 6) is 0.523. The van der Waals surface area contributed by atoms with Gasteiger partial charge in [-0.3, -0.25) is 0 Å². The number of nitrogens with two attached hydrogens (primary N) is 1. The summed E-state index contributed by atoms with van der Waals surface area (Å²) in [6.45, 7) is 7.44. The lowest BCUT2D eigenvalue weighted by molar-refractivity contribution is 0.244. The molecule has 13 heavy (non-hydrogen) atoms. The predicted molar refractivity (Wildman–Crippen MR) is 57.8 cm³/mol. The number of rotatable bonds is 3. The zero-order valence-corrected chi connectivity index (χ0v) is 9.40. The van der Waals surface area contributed by atoms with Crippen LogP contribution in [-0.2, 0) is 6.42 Å². The van der Waals surface area contributed by atoms with Gasteiger partial charge in [0.1, 0.15) is 0 Å². The fraction of sp³-hybridized carbons (Fsp3) is 0.700. The van der Waals surface area contributed by atoms with Crippen molar-refractivity contribution in [3.05, 3.63) is 16.6 Å². The van der Waals surface area contributed by atoms with Gasteiger partial charge in [-0.2, -0.15) is 0 Å². The van der Waals surface area contributed by atoms with E-state index >= 15 is 0 Å². The topological polar surface area (TPSA) is 38.9 Å². The zero-order valence-electron chi connectivity index (χ0n) is 8.58. The third kappa shape index (κ3) is 3.08. The molecule has 0 saturated carbocycles. The van der Waals surface area contributed by atoms with Crippen LogP contribution in [0.4, 0.5) is 0 Å². The van der Waals surface area contributed by atoms with Gasteiger partial charge in [0, 0.05) is 5.38 Å². The molecule has 0 aliphatic rings. The van der Waals surface area contributed by atoms with Crippen molar-refractivity contribution in [2.24, 2.45) is 17.1 Å². The minimum Gasteiger partial charge on any atom is -0.330 e. The lowest BCUT2D eigenvalue weighted by Crippen LogP contribution is -2.30. The second kappa shape index (κ2) is 4.20. The van der Waals surface area contributed by atoms with Crippen molar-refractivity contribution < 1.29 is 0 Å². The molecule has 0 radical (unpaired) electrons. The lowest BCUT2D eigenvalue weighted by atomic mass is 9.78. The molecule has 2 N–H and O–H groups in total. The van der Waals surface area contributed by atoms with E-state index in [4.69, 9.17) is 5.73 Å². The summed E-state index contributed by atoms with van der Waals surface area (Å²) in [5, 5.41) is 2.11. The smallest absolute Gasteiger partial charge is 0.0794 e. The second-order valence-electron chi connectivity index (χ2n) is 4.48. The fourth-order valence-corrected chi connectivity index (χ4v) is 1.91. The molecule has 1 atom stereocenters. The number of hydrogen-bond donors (Lipinski definition) is 1. The highest BCUT2D eigenvalue weighted by Gasteiger charge is 2.23. The Morgan fingerprint density at radius 2 is 2.23 bits per heavy atom. The molecule has 74 valence electrons. The van der Waals surface area contributed by atoms with Crippen molar-refractivity contribution in [3.8, 4) is 0 Å². The van der Waals surface area contributed by atoms with Gasteiger partial charge in [-0.15, -0.1) is 11.3 Å². The van der Waals surface area contributed by atoms with E-state index in [2.05, 4.69) is 31.1 Å². The number of thiazole rings is 1. The van der Waals surface area contributed by atoms with Crippen molar-refractivity contribution in [1.82, 2.24) is 4.98 Å². The van der Waals surface area contributed by atoms with Crippen LogP contribution in [-0.4, -0.2) is 11.5 Å². The minimum atomic E-state index is 0.276. The Morgan fingerprint density at radius 3 is 2.62 bits per heavy atom. The number of aromatic nitrogens is 1. The van der Waals surface area contributed by atoms with Gasteiger partial charge in [0.2, 0.25) is 0 Å². The zero-order chi connectivity index (χ0) is 9.90. The molecule has 0 aromatic carbocycles. The van der Waals surface area contributed by atoms with Crippen molar-refractivity contribution in [2.75, 3.05) is 6.54 Å². The fourth-order valence-electron chi connectivity index (χ4n) is 1.33. The summed E-state index contributed by atoms with van der Waals surface area (Å²) in [6.07, 6.45) is 1.00. The molecule has 0 aliphatic carbocycles. The second-order valence-corrected chi connectivity index (χ2v) is 5.20. The molecule has 1 heterocycles. The van der Waals surface area contributed by atoms with E-state index in [1.165, 1.54) is 5.69 Å². The van der Waals surface area contributed by atoms with Crippen LogP contribution in [0.3, 0.4) is 0 Å². The van der Waals surface area contributed by atoms with Crippen molar-refractivity contribution >= 4 is 11.3 Å². The Hall–Kier alpha value is -0.410. The molecule has 2 nitrogen and oxygen atoms in total. The molecule has 0 spiro atoms. The van der Waals surface area contributed by atoms with E-state index in [0.717, 1.165) is 13.0 Å². The highest BCUT2D eigenvalue weighted by molar-refractivity contribution is 7.07. The minimum absolute atomic E-state index is 0.276. The van der Waals surface area contributed by atoms with Crippen LogP contribution in [0.25, 0.3) is 0 Å². The average molecular weight is 198 g/mol. The first-order valence-electron chi connectivity index (χ1n) is 4.61. The van der Waals surface area contributed by atoms with Gasteiger partial charge in [-0.1, -0.05) is 20.8 Å². The first kappa shape index (κ1) is 10.7. The standard InChI is InChI=1S/C10H18N2S/c1-10(2,3)8(5-11)4-9-6-13-7-12-9/h6-8H,4-5,11H2,1-3H3.